The molecule has 0 aromatic heterocycles. The van der Waals surface area contributed by atoms with Crippen LogP contribution in [-0.2, 0) is 6.42 Å². The molecule has 0 aliphatic heterocycles. The largest absolute Gasteiger partial charge is 0.0654 e. The molecule has 0 bridgehead atoms. The molecule has 0 fully saturated rings. The predicted octanol–water partition coefficient (Wildman–Crippen LogP) is 6.06. The quantitative estimate of drug-likeness (QED) is 0.509. The second-order valence-electron chi connectivity index (χ2n) is 5.45. The smallest absolute Gasteiger partial charge is 0.00731 e. The average Bonchev–Trinajstić information content (AvgIpc) is 2.52. The van der Waals surface area contributed by atoms with Crippen molar-refractivity contribution in [1.82, 2.24) is 0 Å². The lowest BCUT2D eigenvalue weighted by atomic mass is 9.96. The molecule has 0 aliphatic rings. The van der Waals surface area contributed by atoms with Crippen LogP contribution in [0, 0.1) is 6.07 Å². The summed E-state index contributed by atoms with van der Waals surface area (Å²) in [6.45, 7) is 2.27. The minimum Gasteiger partial charge on any atom is -0.0654 e. The molecule has 105 valence electrons. The Morgan fingerprint density at radius 2 is 1.55 bits per heavy atom. The minimum absolute atomic E-state index is 1.17. The van der Waals surface area contributed by atoms with E-state index in [0.717, 1.165) is 0 Å². The van der Waals surface area contributed by atoms with Crippen LogP contribution in [0.2, 0.25) is 0 Å². The van der Waals surface area contributed by atoms with Crippen LogP contribution in [-0.4, -0.2) is 0 Å². The van der Waals surface area contributed by atoms with Crippen molar-refractivity contribution < 1.29 is 0 Å². The molecule has 20 heavy (non-hydrogen) atoms. The van der Waals surface area contributed by atoms with Crippen molar-refractivity contribution in [3.63, 3.8) is 0 Å². The molecular weight excluding hydrogens is 240 g/mol. The lowest BCUT2D eigenvalue weighted by molar-refractivity contribution is 0.608. The molecule has 0 N–H and O–H groups in total. The van der Waals surface area contributed by atoms with Crippen LogP contribution < -0.4 is 0 Å². The third kappa shape index (κ3) is 4.52. The van der Waals surface area contributed by atoms with Crippen molar-refractivity contribution >= 4 is 0 Å². The molecule has 0 unspecified atom stereocenters. The summed E-state index contributed by atoms with van der Waals surface area (Å²) >= 11 is 0. The molecule has 2 rings (SSSR count). The number of hydrogen-bond acceptors (Lipinski definition) is 0. The molecule has 0 atom stereocenters. The SMILES string of the molecule is CCCCCCCCc1ccc[c]c1-c1ccccc1. The van der Waals surface area contributed by atoms with Crippen molar-refractivity contribution in [2.75, 3.05) is 0 Å². The monoisotopic (exact) mass is 265 g/mol. The van der Waals surface area contributed by atoms with E-state index in [4.69, 9.17) is 0 Å². The fourth-order valence-electron chi connectivity index (χ4n) is 2.65. The van der Waals surface area contributed by atoms with Gasteiger partial charge in [-0.3, -0.25) is 0 Å². The molecular formula is C20H25. The fourth-order valence-corrected chi connectivity index (χ4v) is 2.65. The number of unbranched alkanes of at least 4 members (excludes halogenated alkanes) is 5. The van der Waals surface area contributed by atoms with E-state index in [1.54, 1.807) is 0 Å². The summed E-state index contributed by atoms with van der Waals surface area (Å²) in [5.41, 5.74) is 4.00. The third-order valence-corrected chi connectivity index (χ3v) is 3.80. The Balaban J connectivity index is 1.92. The summed E-state index contributed by atoms with van der Waals surface area (Å²) < 4.78 is 0. The van der Waals surface area contributed by atoms with Crippen LogP contribution in [0.3, 0.4) is 0 Å². The highest BCUT2D eigenvalue weighted by atomic mass is 14.1. The van der Waals surface area contributed by atoms with E-state index in [0.29, 0.717) is 0 Å². The van der Waals surface area contributed by atoms with Crippen LogP contribution >= 0.6 is 0 Å². The lowest BCUT2D eigenvalue weighted by Gasteiger charge is -2.09. The molecule has 0 heteroatoms. The number of rotatable bonds is 8. The van der Waals surface area contributed by atoms with E-state index in [2.05, 4.69) is 55.5 Å². The van der Waals surface area contributed by atoms with Gasteiger partial charge < -0.3 is 0 Å². The van der Waals surface area contributed by atoms with Gasteiger partial charge in [-0.25, -0.2) is 0 Å². The van der Waals surface area contributed by atoms with Gasteiger partial charge in [0, 0.05) is 0 Å². The van der Waals surface area contributed by atoms with Gasteiger partial charge in [-0.05, 0) is 35.6 Å². The van der Waals surface area contributed by atoms with E-state index in [-0.39, 0.29) is 0 Å². The molecule has 2 aromatic carbocycles. The Morgan fingerprint density at radius 3 is 2.35 bits per heavy atom. The maximum atomic E-state index is 3.41. The zero-order chi connectivity index (χ0) is 14.0. The molecule has 1 radical (unpaired) electrons. The van der Waals surface area contributed by atoms with Gasteiger partial charge in [0.05, 0.1) is 0 Å². The zero-order valence-corrected chi connectivity index (χ0v) is 12.6. The first kappa shape index (κ1) is 14.8. The van der Waals surface area contributed by atoms with Crippen molar-refractivity contribution in [2.24, 2.45) is 0 Å². The van der Waals surface area contributed by atoms with E-state index < -0.39 is 0 Å². The fraction of sp³-hybridized carbons (Fsp3) is 0.400. The highest BCUT2D eigenvalue weighted by Crippen LogP contribution is 2.24. The van der Waals surface area contributed by atoms with E-state index in [1.807, 2.05) is 6.07 Å². The van der Waals surface area contributed by atoms with E-state index >= 15 is 0 Å². The Morgan fingerprint density at radius 1 is 0.800 bits per heavy atom. The summed E-state index contributed by atoms with van der Waals surface area (Å²) in [7, 11) is 0. The van der Waals surface area contributed by atoms with Gasteiger partial charge >= 0.3 is 0 Å². The van der Waals surface area contributed by atoms with Crippen molar-refractivity contribution in [3.8, 4) is 11.1 Å². The average molecular weight is 265 g/mol. The van der Waals surface area contributed by atoms with E-state index in [9.17, 15) is 0 Å². The van der Waals surface area contributed by atoms with Gasteiger partial charge in [0.25, 0.3) is 0 Å². The Bertz CT molecular complexity index is 484. The van der Waals surface area contributed by atoms with Crippen molar-refractivity contribution in [2.45, 2.75) is 51.9 Å². The van der Waals surface area contributed by atoms with Gasteiger partial charge in [0.15, 0.2) is 0 Å². The summed E-state index contributed by atoms with van der Waals surface area (Å²) in [4.78, 5) is 0. The van der Waals surface area contributed by atoms with E-state index in [1.165, 1.54) is 61.6 Å². The Kier molecular flexibility index (Phi) is 6.37. The van der Waals surface area contributed by atoms with Crippen molar-refractivity contribution in [3.05, 3.63) is 60.2 Å². The molecule has 0 amide bonds. The van der Waals surface area contributed by atoms with Crippen LogP contribution in [0.25, 0.3) is 11.1 Å². The molecule has 0 saturated carbocycles. The molecule has 0 aliphatic carbocycles. The minimum atomic E-state index is 1.17. The summed E-state index contributed by atoms with van der Waals surface area (Å²) in [6.07, 6.45) is 9.30. The summed E-state index contributed by atoms with van der Waals surface area (Å²) in [6, 6.07) is 20.4. The van der Waals surface area contributed by atoms with Crippen LogP contribution in [0.15, 0.2) is 48.5 Å². The zero-order valence-electron chi connectivity index (χ0n) is 12.6. The van der Waals surface area contributed by atoms with Gasteiger partial charge in [-0.15, -0.1) is 0 Å². The van der Waals surface area contributed by atoms with Gasteiger partial charge in [0.1, 0.15) is 0 Å². The van der Waals surface area contributed by atoms with Gasteiger partial charge in [-0.1, -0.05) is 87.6 Å². The second kappa shape index (κ2) is 8.58. The van der Waals surface area contributed by atoms with Crippen LogP contribution in [0.1, 0.15) is 51.0 Å². The maximum Gasteiger partial charge on any atom is -0.00731 e. The molecule has 0 spiro atoms. The van der Waals surface area contributed by atoms with Crippen LogP contribution in [0.5, 0.6) is 0 Å². The second-order valence-corrected chi connectivity index (χ2v) is 5.45. The first-order chi connectivity index (χ1) is 9.92. The Hall–Kier alpha value is -1.56. The Labute approximate surface area is 123 Å². The maximum absolute atomic E-state index is 3.41. The highest BCUT2D eigenvalue weighted by molar-refractivity contribution is 5.66. The predicted molar refractivity (Wildman–Crippen MR) is 87.8 cm³/mol. The highest BCUT2D eigenvalue weighted by Gasteiger charge is 2.04. The third-order valence-electron chi connectivity index (χ3n) is 3.80. The standard InChI is InChI=1S/C20H25/c1-2-3-4-5-6-8-13-19-16-11-12-17-20(19)18-14-9-7-10-15-18/h7,9-12,14-16H,2-6,8,13H2,1H3. The first-order valence-corrected chi connectivity index (χ1v) is 7.97. The van der Waals surface area contributed by atoms with Gasteiger partial charge in [-0.2, -0.15) is 0 Å². The molecule has 0 saturated heterocycles. The van der Waals surface area contributed by atoms with Crippen LogP contribution in [0.4, 0.5) is 0 Å². The van der Waals surface area contributed by atoms with Gasteiger partial charge in [0.2, 0.25) is 0 Å². The molecule has 0 heterocycles. The summed E-state index contributed by atoms with van der Waals surface area (Å²) in [5.74, 6) is 0. The summed E-state index contributed by atoms with van der Waals surface area (Å²) in [5, 5.41) is 0. The molecule has 2 aromatic rings. The van der Waals surface area contributed by atoms with Crippen molar-refractivity contribution in [1.29, 1.82) is 0 Å². The number of aryl methyl sites for hydroxylation is 1. The topological polar surface area (TPSA) is 0 Å². The normalized spacial score (nSPS) is 10.7. The number of benzene rings is 2. The number of hydrogen-bond donors (Lipinski definition) is 0. The molecule has 0 nitrogen and oxygen atoms in total. The first-order valence-electron chi connectivity index (χ1n) is 7.97. The lowest BCUT2D eigenvalue weighted by Crippen LogP contribution is -1.91.